The van der Waals surface area contributed by atoms with Gasteiger partial charge in [-0.25, -0.2) is 4.79 Å². The van der Waals surface area contributed by atoms with E-state index in [1.807, 2.05) is 0 Å². The van der Waals surface area contributed by atoms with Gasteiger partial charge in [0.2, 0.25) is 0 Å². The molecule has 0 rings (SSSR count). The minimum Gasteiger partial charge on any atom is -0.478 e. The van der Waals surface area contributed by atoms with Crippen LogP contribution in [-0.2, 0) is 15.2 Å². The van der Waals surface area contributed by atoms with Crippen molar-refractivity contribution < 1.29 is 27.4 Å². The highest BCUT2D eigenvalue weighted by Crippen LogP contribution is 1.81. The maximum Gasteiger partial charge on any atom is 0.394 e. The summed E-state index contributed by atoms with van der Waals surface area (Å²) in [5.41, 5.74) is 0.176. The number of hydrogen-bond acceptors (Lipinski definition) is 3. The van der Waals surface area contributed by atoms with E-state index in [1.54, 1.807) is 0 Å². The van der Waals surface area contributed by atoms with Crippen LogP contribution >= 0.6 is 0 Å². The van der Waals surface area contributed by atoms with E-state index in [4.69, 9.17) is 22.6 Å². The van der Waals surface area contributed by atoms with Crippen molar-refractivity contribution in [2.75, 3.05) is 0 Å². The van der Waals surface area contributed by atoms with E-state index in [0.29, 0.717) is 0 Å². The summed E-state index contributed by atoms with van der Waals surface area (Å²) in [6.07, 6.45) is 2.64. The highest BCUT2D eigenvalue weighted by Gasteiger charge is 1.90. The normalized spacial score (nSPS) is 8.87. The number of unbranched alkanes of at least 4 members (excludes halogenated alkanes) is 1. The Balaban J connectivity index is -0.000000147. The Kier molecular flexibility index (Phi) is 14.6. The van der Waals surface area contributed by atoms with E-state index in [0.717, 1.165) is 0 Å². The minimum absolute atomic E-state index is 0.176. The van der Waals surface area contributed by atoms with Gasteiger partial charge in [0.05, 0.1) is 0 Å². The third-order valence-electron chi connectivity index (χ3n) is 0.865. The summed E-state index contributed by atoms with van der Waals surface area (Å²) in [5, 5.41) is 7.89. The standard InChI is InChI=1S/C4H6O2.C4H10.H2O4S/c1-3(2)4(5)6;1-3-4-2;1-5(2,3)4/h1H2,2H3,(H,5,6);3-4H2,1-2H3;(H2,1,2,3,4). The van der Waals surface area contributed by atoms with Gasteiger partial charge in [0.25, 0.3) is 0 Å². The first-order chi connectivity index (χ1) is 6.56. The molecule has 0 aliphatic rings. The Hall–Kier alpha value is -0.920. The number of rotatable bonds is 2. The lowest BCUT2D eigenvalue weighted by Crippen LogP contribution is -1.92. The molecule has 0 aliphatic heterocycles. The summed E-state index contributed by atoms with van der Waals surface area (Å²) in [5.74, 6) is -0.935. The van der Waals surface area contributed by atoms with E-state index < -0.39 is 16.4 Å². The molecule has 0 aliphatic carbocycles. The lowest BCUT2D eigenvalue weighted by Gasteiger charge is -1.79. The zero-order valence-electron chi connectivity index (χ0n) is 9.10. The van der Waals surface area contributed by atoms with Gasteiger partial charge in [-0.1, -0.05) is 33.3 Å². The zero-order chi connectivity index (χ0) is 13.1. The van der Waals surface area contributed by atoms with Crippen molar-refractivity contribution in [3.63, 3.8) is 0 Å². The molecule has 0 aromatic heterocycles. The van der Waals surface area contributed by atoms with E-state index >= 15 is 0 Å². The average molecular weight is 242 g/mol. The summed E-state index contributed by atoms with van der Waals surface area (Å²) >= 11 is 0. The van der Waals surface area contributed by atoms with Crippen LogP contribution in [0.25, 0.3) is 0 Å². The predicted molar refractivity (Wildman–Crippen MR) is 57.2 cm³/mol. The second-order valence-corrected chi connectivity index (χ2v) is 3.43. The van der Waals surface area contributed by atoms with Crippen LogP contribution in [0.3, 0.4) is 0 Å². The molecule has 0 atom stereocenters. The molecule has 0 saturated carbocycles. The van der Waals surface area contributed by atoms with Crippen LogP contribution in [0, 0.1) is 0 Å². The van der Waals surface area contributed by atoms with Crippen LogP contribution in [0.15, 0.2) is 12.2 Å². The SMILES string of the molecule is C=C(C)C(=O)O.CCCC.O=S(=O)(O)O. The molecular weight excluding hydrogens is 224 g/mol. The zero-order valence-corrected chi connectivity index (χ0v) is 9.91. The topological polar surface area (TPSA) is 112 Å². The van der Waals surface area contributed by atoms with Crippen molar-refractivity contribution in [2.45, 2.75) is 33.6 Å². The lowest BCUT2D eigenvalue weighted by molar-refractivity contribution is -0.132. The Morgan fingerprint density at radius 2 is 1.33 bits per heavy atom. The van der Waals surface area contributed by atoms with Gasteiger partial charge in [-0.2, -0.15) is 8.42 Å². The fourth-order valence-corrected chi connectivity index (χ4v) is 0. The molecule has 0 bridgehead atoms. The quantitative estimate of drug-likeness (QED) is 0.502. The molecule has 15 heavy (non-hydrogen) atoms. The smallest absolute Gasteiger partial charge is 0.394 e. The molecule has 6 nitrogen and oxygen atoms in total. The molecule has 7 heteroatoms. The predicted octanol–water partition coefficient (Wildman–Crippen LogP) is 1.80. The van der Waals surface area contributed by atoms with Crippen LogP contribution in [0.4, 0.5) is 0 Å². The van der Waals surface area contributed by atoms with E-state index in [9.17, 15) is 4.79 Å². The molecule has 0 aromatic carbocycles. The first kappa shape index (κ1) is 19.6. The van der Waals surface area contributed by atoms with Crippen LogP contribution in [0.2, 0.25) is 0 Å². The van der Waals surface area contributed by atoms with Gasteiger partial charge in [0.15, 0.2) is 0 Å². The van der Waals surface area contributed by atoms with Crippen molar-refractivity contribution in [2.24, 2.45) is 0 Å². The van der Waals surface area contributed by atoms with Crippen LogP contribution in [0.5, 0.6) is 0 Å². The maximum absolute atomic E-state index is 9.60. The number of carboxylic acid groups (broad SMARTS) is 1. The first-order valence-electron chi connectivity index (χ1n) is 4.14. The fraction of sp³-hybridized carbons (Fsp3) is 0.625. The van der Waals surface area contributed by atoms with Gasteiger partial charge in [0.1, 0.15) is 0 Å². The molecule has 0 heterocycles. The van der Waals surface area contributed by atoms with Gasteiger partial charge < -0.3 is 5.11 Å². The van der Waals surface area contributed by atoms with E-state index in [2.05, 4.69) is 20.4 Å². The molecule has 0 saturated heterocycles. The summed E-state index contributed by atoms with van der Waals surface area (Å²) in [6.45, 7) is 8.96. The highest BCUT2D eigenvalue weighted by molar-refractivity contribution is 7.79. The van der Waals surface area contributed by atoms with Crippen LogP contribution in [0.1, 0.15) is 33.6 Å². The van der Waals surface area contributed by atoms with Crippen molar-refractivity contribution in [1.82, 2.24) is 0 Å². The molecule has 0 amide bonds. The molecule has 0 fully saturated rings. The number of aliphatic carboxylic acids is 1. The van der Waals surface area contributed by atoms with Gasteiger partial charge in [0, 0.05) is 5.57 Å². The largest absolute Gasteiger partial charge is 0.478 e. The third kappa shape index (κ3) is 96.5. The van der Waals surface area contributed by atoms with E-state index in [-0.39, 0.29) is 5.57 Å². The maximum atomic E-state index is 9.60. The average Bonchev–Trinajstić information content (AvgIpc) is 2.01. The summed E-state index contributed by atoms with van der Waals surface area (Å²) in [7, 11) is -4.67. The number of hydrogen-bond donors (Lipinski definition) is 3. The Morgan fingerprint density at radius 3 is 1.33 bits per heavy atom. The molecule has 92 valence electrons. The molecule has 0 unspecified atom stereocenters. The molecule has 0 aromatic rings. The summed E-state index contributed by atoms with van der Waals surface area (Å²) < 4.78 is 31.6. The second-order valence-electron chi connectivity index (χ2n) is 2.53. The highest BCUT2D eigenvalue weighted by atomic mass is 32.3. The molecule has 0 radical (unpaired) electrons. The van der Waals surface area contributed by atoms with Gasteiger partial charge in [-0.15, -0.1) is 0 Å². The first-order valence-corrected chi connectivity index (χ1v) is 5.54. The monoisotopic (exact) mass is 242 g/mol. The molecule has 3 N–H and O–H groups in total. The minimum atomic E-state index is -4.67. The van der Waals surface area contributed by atoms with E-state index in [1.165, 1.54) is 19.8 Å². The van der Waals surface area contributed by atoms with Gasteiger partial charge in [-0.05, 0) is 6.92 Å². The summed E-state index contributed by atoms with van der Waals surface area (Å²) in [6, 6.07) is 0. The fourth-order valence-electron chi connectivity index (χ4n) is 0. The Labute approximate surface area is 90.2 Å². The summed E-state index contributed by atoms with van der Waals surface area (Å²) in [4.78, 5) is 9.60. The molecular formula is C8H18O6S. The molecule has 0 spiro atoms. The van der Waals surface area contributed by atoms with Crippen molar-refractivity contribution >= 4 is 16.4 Å². The number of carbonyl (C=O) groups is 1. The van der Waals surface area contributed by atoms with Crippen LogP contribution in [-0.4, -0.2) is 28.6 Å². The third-order valence-corrected chi connectivity index (χ3v) is 0.865. The lowest BCUT2D eigenvalue weighted by atomic mass is 10.4. The Morgan fingerprint density at radius 1 is 1.20 bits per heavy atom. The second kappa shape index (κ2) is 11.2. The van der Waals surface area contributed by atoms with Gasteiger partial charge >= 0.3 is 16.4 Å². The van der Waals surface area contributed by atoms with Crippen molar-refractivity contribution in [3.05, 3.63) is 12.2 Å². The van der Waals surface area contributed by atoms with Gasteiger partial charge in [-0.3, -0.25) is 9.11 Å². The number of carboxylic acids is 1. The Bertz CT molecular complexity index is 245. The van der Waals surface area contributed by atoms with Crippen molar-refractivity contribution in [1.29, 1.82) is 0 Å². The van der Waals surface area contributed by atoms with Crippen LogP contribution < -0.4 is 0 Å². The van der Waals surface area contributed by atoms with Crippen molar-refractivity contribution in [3.8, 4) is 0 Å².